The molecule has 144 valence electrons. The molecule has 0 spiro atoms. The molecule has 0 radical (unpaired) electrons. The van der Waals surface area contributed by atoms with Gasteiger partial charge in [0, 0.05) is 18.0 Å². The fourth-order valence-electron chi connectivity index (χ4n) is 2.79. The van der Waals surface area contributed by atoms with Gasteiger partial charge in [0.15, 0.2) is 0 Å². The van der Waals surface area contributed by atoms with Crippen LogP contribution in [0, 0.1) is 0 Å². The van der Waals surface area contributed by atoms with E-state index < -0.39 is 11.7 Å². The molecule has 3 rings (SSSR count). The van der Waals surface area contributed by atoms with E-state index in [2.05, 4.69) is 10.4 Å². The lowest BCUT2D eigenvalue weighted by molar-refractivity contribution is 0.0945. The highest BCUT2D eigenvalue weighted by molar-refractivity contribution is 5.84. The molecule has 0 saturated carbocycles. The smallest absolute Gasteiger partial charge is 0.411 e. The monoisotopic (exact) mass is 379 g/mol. The summed E-state index contributed by atoms with van der Waals surface area (Å²) in [5.74, 6) is 0. The van der Waals surface area contributed by atoms with Crippen LogP contribution in [0.25, 0.3) is 5.69 Å². The van der Waals surface area contributed by atoms with Gasteiger partial charge >= 0.3 is 6.09 Å². The van der Waals surface area contributed by atoms with Crippen molar-refractivity contribution in [2.45, 2.75) is 19.4 Å². The summed E-state index contributed by atoms with van der Waals surface area (Å²) in [5.41, 5.74) is -0.459. The number of benzene rings is 2. The number of carbonyl (C=O) groups excluding carboxylic acids is 1. The second-order valence-corrected chi connectivity index (χ2v) is 6.31. The zero-order chi connectivity index (χ0) is 20.1. The van der Waals surface area contributed by atoms with Crippen molar-refractivity contribution in [2.75, 3.05) is 11.9 Å². The molecule has 0 fully saturated rings. The molecule has 7 nitrogen and oxygen atoms in total. The van der Waals surface area contributed by atoms with E-state index >= 15 is 0 Å². The Kier molecular flexibility index (Phi) is 5.56. The highest BCUT2D eigenvalue weighted by Gasteiger charge is 2.31. The van der Waals surface area contributed by atoms with Gasteiger partial charge < -0.3 is 9.84 Å². The highest BCUT2D eigenvalue weighted by Crippen LogP contribution is 2.27. The minimum absolute atomic E-state index is 0.0212. The van der Waals surface area contributed by atoms with Gasteiger partial charge in [0.2, 0.25) is 5.43 Å². The summed E-state index contributed by atoms with van der Waals surface area (Å²) in [6, 6.07) is 17.2. The van der Waals surface area contributed by atoms with Crippen LogP contribution in [0.5, 0.6) is 0 Å². The fraction of sp³-hybridized carbons (Fsp3) is 0.190. The highest BCUT2D eigenvalue weighted by atomic mass is 16.5. The predicted octanol–water partition coefficient (Wildman–Crippen LogP) is 3.06. The van der Waals surface area contributed by atoms with E-state index in [1.165, 1.54) is 17.7 Å². The Labute approximate surface area is 162 Å². The van der Waals surface area contributed by atoms with Gasteiger partial charge in [-0.2, -0.15) is 5.10 Å². The van der Waals surface area contributed by atoms with E-state index in [4.69, 9.17) is 4.74 Å². The Morgan fingerprint density at radius 2 is 1.93 bits per heavy atom. The first-order valence-electron chi connectivity index (χ1n) is 8.84. The van der Waals surface area contributed by atoms with Gasteiger partial charge in [-0.25, -0.2) is 9.48 Å². The average Bonchev–Trinajstić information content (AvgIpc) is 2.69. The van der Waals surface area contributed by atoms with Crippen LogP contribution in [0.3, 0.4) is 0 Å². The predicted molar refractivity (Wildman–Crippen MR) is 106 cm³/mol. The van der Waals surface area contributed by atoms with Crippen molar-refractivity contribution < 1.29 is 14.6 Å². The number of aliphatic hydroxyl groups is 1. The zero-order valence-electron chi connectivity index (χ0n) is 15.6. The molecule has 2 aromatic carbocycles. The van der Waals surface area contributed by atoms with Crippen molar-refractivity contribution in [2.24, 2.45) is 0 Å². The number of anilines is 1. The minimum Gasteiger partial charge on any atom is -0.450 e. The summed E-state index contributed by atoms with van der Waals surface area (Å²) < 4.78 is 6.40. The second-order valence-electron chi connectivity index (χ2n) is 6.31. The number of hydrogen-bond donors (Lipinski definition) is 2. The van der Waals surface area contributed by atoms with Crippen molar-refractivity contribution >= 4 is 11.8 Å². The van der Waals surface area contributed by atoms with E-state index in [0.717, 1.165) is 5.69 Å². The molecule has 2 N–H and O–H groups in total. The van der Waals surface area contributed by atoms with Crippen molar-refractivity contribution in [1.82, 2.24) is 9.78 Å². The molecule has 0 aliphatic carbocycles. The third-order valence-electron chi connectivity index (χ3n) is 4.24. The van der Waals surface area contributed by atoms with Crippen LogP contribution in [0.15, 0.2) is 71.7 Å². The van der Waals surface area contributed by atoms with Crippen LogP contribution in [0.4, 0.5) is 10.5 Å². The number of nitrogens with zero attached hydrogens (tertiary/aromatic N) is 2. The van der Waals surface area contributed by atoms with E-state index in [-0.39, 0.29) is 17.7 Å². The number of aromatic nitrogens is 2. The van der Waals surface area contributed by atoms with Crippen LogP contribution >= 0.6 is 0 Å². The average molecular weight is 379 g/mol. The Morgan fingerprint density at radius 1 is 1.18 bits per heavy atom. The lowest BCUT2D eigenvalue weighted by Gasteiger charge is -2.24. The van der Waals surface area contributed by atoms with Crippen molar-refractivity contribution in [3.8, 4) is 5.69 Å². The summed E-state index contributed by atoms with van der Waals surface area (Å²) in [4.78, 5) is 24.1. The largest absolute Gasteiger partial charge is 0.450 e. The lowest BCUT2D eigenvalue weighted by Crippen LogP contribution is -2.33. The molecule has 1 unspecified atom stereocenters. The first-order valence-corrected chi connectivity index (χ1v) is 8.84. The molecule has 1 heterocycles. The molecular formula is C21H21N3O4. The summed E-state index contributed by atoms with van der Waals surface area (Å²) in [6.45, 7) is 3.45. The molecule has 0 saturated heterocycles. The zero-order valence-corrected chi connectivity index (χ0v) is 15.6. The van der Waals surface area contributed by atoms with Crippen molar-refractivity contribution in [1.29, 1.82) is 0 Å². The van der Waals surface area contributed by atoms with Crippen LogP contribution in [-0.2, 0) is 10.3 Å². The van der Waals surface area contributed by atoms with Gasteiger partial charge in [-0.15, -0.1) is 0 Å². The third-order valence-corrected chi connectivity index (χ3v) is 4.24. The van der Waals surface area contributed by atoms with Crippen molar-refractivity contribution in [3.05, 3.63) is 88.3 Å². The summed E-state index contributed by atoms with van der Waals surface area (Å²) in [6.07, 6.45) is 0.958. The Hall–Kier alpha value is -3.45. The van der Waals surface area contributed by atoms with E-state index in [1.54, 1.807) is 37.4 Å². The number of amides is 1. The fourth-order valence-corrected chi connectivity index (χ4v) is 2.79. The molecule has 7 heteroatoms. The standard InChI is InChI=1S/C21H21N3O4/c1-3-28-20(26)22-16-9-7-8-15(14-16)21(2,27)19-18(25)12-13-24(23-19)17-10-5-4-6-11-17/h4-14,27H,3H2,1-2H3,(H,22,26). The quantitative estimate of drug-likeness (QED) is 0.711. The molecule has 0 aliphatic heterocycles. The topological polar surface area (TPSA) is 93.4 Å². The Bertz CT molecular complexity index is 1030. The van der Waals surface area contributed by atoms with Crippen LogP contribution in [0.1, 0.15) is 25.1 Å². The molecule has 0 aliphatic rings. The second kappa shape index (κ2) is 8.06. The van der Waals surface area contributed by atoms with Crippen LogP contribution in [0.2, 0.25) is 0 Å². The molecule has 0 bridgehead atoms. The number of rotatable bonds is 5. The molecule has 3 aromatic rings. The molecule has 28 heavy (non-hydrogen) atoms. The van der Waals surface area contributed by atoms with Gasteiger partial charge in [0.25, 0.3) is 0 Å². The minimum atomic E-state index is -1.67. The van der Waals surface area contributed by atoms with E-state index in [1.807, 2.05) is 30.3 Å². The molecule has 1 atom stereocenters. The Balaban J connectivity index is 1.99. The maximum Gasteiger partial charge on any atom is 0.411 e. The van der Waals surface area contributed by atoms with E-state index in [9.17, 15) is 14.7 Å². The van der Waals surface area contributed by atoms with Crippen molar-refractivity contribution in [3.63, 3.8) is 0 Å². The lowest BCUT2D eigenvalue weighted by atomic mass is 9.91. The van der Waals surface area contributed by atoms with Gasteiger partial charge in [-0.05, 0) is 43.7 Å². The van der Waals surface area contributed by atoms with Gasteiger partial charge in [-0.1, -0.05) is 30.3 Å². The maximum atomic E-state index is 12.4. The number of carbonyl (C=O) groups is 1. The third kappa shape index (κ3) is 4.10. The SMILES string of the molecule is CCOC(=O)Nc1cccc(C(C)(O)c2nn(-c3ccccc3)ccc2=O)c1. The first-order chi connectivity index (χ1) is 13.4. The van der Waals surface area contributed by atoms with Gasteiger partial charge in [-0.3, -0.25) is 10.1 Å². The van der Waals surface area contributed by atoms with Crippen LogP contribution < -0.4 is 10.7 Å². The maximum absolute atomic E-state index is 12.4. The van der Waals surface area contributed by atoms with Gasteiger partial charge in [0.05, 0.1) is 12.3 Å². The normalized spacial score (nSPS) is 12.8. The summed E-state index contributed by atoms with van der Waals surface area (Å²) in [5, 5.41) is 18.1. The summed E-state index contributed by atoms with van der Waals surface area (Å²) >= 11 is 0. The molecule has 1 amide bonds. The number of para-hydroxylation sites is 1. The van der Waals surface area contributed by atoms with Crippen LogP contribution in [-0.4, -0.2) is 27.6 Å². The van der Waals surface area contributed by atoms with Gasteiger partial charge in [0.1, 0.15) is 11.3 Å². The molecular weight excluding hydrogens is 358 g/mol. The number of ether oxygens (including phenoxy) is 1. The Morgan fingerprint density at radius 3 is 2.64 bits per heavy atom. The molecule has 1 aromatic heterocycles. The van der Waals surface area contributed by atoms with E-state index in [0.29, 0.717) is 11.3 Å². The first kappa shape index (κ1) is 19.3. The number of nitrogens with one attached hydrogen (secondary N) is 1. The number of hydrogen-bond acceptors (Lipinski definition) is 5. The summed E-state index contributed by atoms with van der Waals surface area (Å²) in [7, 11) is 0.